The van der Waals surface area contributed by atoms with E-state index in [0.717, 1.165) is 40.6 Å². The molecular weight excluding hydrogens is 558 g/mol. The van der Waals surface area contributed by atoms with Gasteiger partial charge in [0.1, 0.15) is 11.7 Å². The van der Waals surface area contributed by atoms with Gasteiger partial charge in [0.25, 0.3) is 0 Å². The molecule has 2 aromatic carbocycles. The van der Waals surface area contributed by atoms with Gasteiger partial charge >= 0.3 is 11.9 Å². The first-order valence-electron chi connectivity index (χ1n) is 14.8. The van der Waals surface area contributed by atoms with E-state index >= 15 is 0 Å². The van der Waals surface area contributed by atoms with Gasteiger partial charge in [-0.15, -0.1) is 0 Å². The second-order valence-corrected chi connectivity index (χ2v) is 12.3. The second-order valence-electron chi connectivity index (χ2n) is 12.3. The number of anilines is 2. The number of carboxylic acids is 1. The van der Waals surface area contributed by atoms with Crippen molar-refractivity contribution in [2.75, 3.05) is 5.32 Å². The number of rotatable bonds is 6. The lowest BCUT2D eigenvalue weighted by molar-refractivity contribution is -0.0249. The molecule has 6 rings (SSSR count). The molecule has 3 heterocycles. The SMILES string of the molecule is [C-]#[N+]c1cn2[nH]c(-c3cccc(Nc4cc(C)cc5c(C)c(C(=O)O)oc45)c3C)nc2c1C(=O)OC1C(C)CC(C)CC1C. The number of carbonyl (C=O) groups is 2. The molecule has 10 nitrogen and oxygen atoms in total. The molecule has 10 heteroatoms. The first-order valence-corrected chi connectivity index (χ1v) is 14.8. The van der Waals surface area contributed by atoms with Crippen molar-refractivity contribution >= 4 is 45.6 Å². The summed E-state index contributed by atoms with van der Waals surface area (Å²) in [4.78, 5) is 33.6. The van der Waals surface area contributed by atoms with E-state index in [1.807, 2.05) is 44.2 Å². The fourth-order valence-electron chi connectivity index (χ4n) is 6.87. The maximum atomic E-state index is 13.5. The molecule has 0 bridgehead atoms. The van der Waals surface area contributed by atoms with Crippen LogP contribution in [-0.4, -0.2) is 37.7 Å². The van der Waals surface area contributed by atoms with Gasteiger partial charge < -0.3 is 19.6 Å². The van der Waals surface area contributed by atoms with Crippen molar-refractivity contribution in [3.8, 4) is 11.4 Å². The van der Waals surface area contributed by atoms with Crippen LogP contribution in [0.4, 0.5) is 17.1 Å². The molecule has 1 saturated carbocycles. The van der Waals surface area contributed by atoms with Crippen LogP contribution in [-0.2, 0) is 4.74 Å². The molecule has 0 amide bonds. The molecule has 0 spiro atoms. The van der Waals surface area contributed by atoms with Crippen molar-refractivity contribution in [2.45, 2.75) is 60.5 Å². The fourth-order valence-corrected chi connectivity index (χ4v) is 6.87. The predicted molar refractivity (Wildman–Crippen MR) is 168 cm³/mol. The van der Waals surface area contributed by atoms with E-state index in [1.165, 1.54) is 0 Å². The number of nitrogens with zero attached hydrogens (tertiary/aromatic N) is 3. The second kappa shape index (κ2) is 10.9. The number of nitrogens with one attached hydrogen (secondary N) is 2. The number of aromatic carboxylic acids is 1. The summed E-state index contributed by atoms with van der Waals surface area (Å²) >= 11 is 0. The number of esters is 1. The molecule has 0 saturated heterocycles. The summed E-state index contributed by atoms with van der Waals surface area (Å²) in [6, 6.07) is 9.56. The summed E-state index contributed by atoms with van der Waals surface area (Å²) in [6.07, 6.45) is 3.35. The molecule has 226 valence electrons. The van der Waals surface area contributed by atoms with Crippen molar-refractivity contribution < 1.29 is 23.8 Å². The number of hydrogen-bond donors (Lipinski definition) is 3. The smallest absolute Gasteiger partial charge is 0.372 e. The minimum absolute atomic E-state index is 0.0828. The highest BCUT2D eigenvalue weighted by atomic mass is 16.5. The number of H-pyrrole nitrogens is 1. The minimum atomic E-state index is -1.11. The molecule has 2 atom stereocenters. The van der Waals surface area contributed by atoms with E-state index in [0.29, 0.717) is 34.2 Å². The zero-order valence-electron chi connectivity index (χ0n) is 25.6. The Bertz CT molecular complexity index is 1980. The van der Waals surface area contributed by atoms with E-state index in [1.54, 1.807) is 17.6 Å². The Morgan fingerprint density at radius 2 is 1.84 bits per heavy atom. The normalized spacial score (nSPS) is 20.1. The van der Waals surface area contributed by atoms with Crippen LogP contribution in [0.3, 0.4) is 0 Å². The van der Waals surface area contributed by atoms with Crippen molar-refractivity contribution in [3.63, 3.8) is 0 Å². The first-order chi connectivity index (χ1) is 21.0. The molecule has 0 aliphatic heterocycles. The van der Waals surface area contributed by atoms with E-state index in [-0.39, 0.29) is 35.0 Å². The zero-order chi connectivity index (χ0) is 31.4. The molecule has 1 aliphatic rings. The summed E-state index contributed by atoms with van der Waals surface area (Å²) in [5.41, 5.74) is 5.77. The van der Waals surface area contributed by atoms with Crippen molar-refractivity contribution in [3.05, 3.63) is 76.0 Å². The lowest BCUT2D eigenvalue weighted by Crippen LogP contribution is -2.37. The summed E-state index contributed by atoms with van der Waals surface area (Å²) in [6.45, 7) is 19.8. The van der Waals surface area contributed by atoms with E-state index < -0.39 is 11.9 Å². The van der Waals surface area contributed by atoms with Crippen LogP contribution >= 0.6 is 0 Å². The van der Waals surface area contributed by atoms with Gasteiger partial charge in [-0.1, -0.05) is 32.9 Å². The lowest BCUT2D eigenvalue weighted by Gasteiger charge is -2.37. The fraction of sp³-hybridized carbons (Fsp3) is 0.353. The van der Waals surface area contributed by atoms with Crippen LogP contribution in [0, 0.1) is 45.1 Å². The standard InChI is InChI=1S/C34H35N5O5/c1-16-11-18(3)28(19(4)12-16)44-34(42)27-26(35-7)15-39-32(27)37-31(38-39)22-9-8-10-24(20(22)5)36-25-14-17(2)13-23-21(6)29(33(40)41)43-30(23)25/h8-10,13-16,18-19,28,36H,11-12H2,1-6H3,(H,37,38)(H,40,41). The third-order valence-corrected chi connectivity index (χ3v) is 8.88. The topological polar surface area (TPSA) is 126 Å². The number of ether oxygens (including phenoxy) is 1. The van der Waals surface area contributed by atoms with Crippen molar-refractivity contribution in [2.24, 2.45) is 17.8 Å². The largest absolute Gasteiger partial charge is 0.475 e. The third-order valence-electron chi connectivity index (χ3n) is 8.88. The van der Waals surface area contributed by atoms with Crippen molar-refractivity contribution in [1.29, 1.82) is 0 Å². The highest BCUT2D eigenvalue weighted by Crippen LogP contribution is 2.38. The Labute approximate surface area is 254 Å². The number of aromatic amines is 1. The van der Waals surface area contributed by atoms with Crippen LogP contribution < -0.4 is 5.32 Å². The Morgan fingerprint density at radius 3 is 2.52 bits per heavy atom. The van der Waals surface area contributed by atoms with Crippen molar-refractivity contribution in [1.82, 2.24) is 14.6 Å². The monoisotopic (exact) mass is 593 g/mol. The molecule has 5 aromatic rings. The first kappa shape index (κ1) is 29.1. The number of carboxylic acid groups (broad SMARTS) is 1. The van der Waals surface area contributed by atoms with E-state index in [4.69, 9.17) is 20.7 Å². The van der Waals surface area contributed by atoms with Crippen LogP contribution in [0.1, 0.15) is 71.2 Å². The Hall–Kier alpha value is -5.04. The van der Waals surface area contributed by atoms with Crippen LogP contribution in [0.5, 0.6) is 0 Å². The maximum Gasteiger partial charge on any atom is 0.372 e. The van der Waals surface area contributed by atoms with Gasteiger partial charge in [-0.25, -0.2) is 19.4 Å². The number of hydrogen-bond acceptors (Lipinski definition) is 6. The number of benzene rings is 2. The van der Waals surface area contributed by atoms with Crippen LogP contribution in [0.15, 0.2) is 40.9 Å². The van der Waals surface area contributed by atoms with Gasteiger partial charge in [-0.2, -0.15) is 0 Å². The third kappa shape index (κ3) is 4.88. The number of aryl methyl sites for hydroxylation is 2. The highest BCUT2D eigenvalue weighted by molar-refractivity contribution is 6.03. The van der Waals surface area contributed by atoms with Gasteiger partial charge in [0, 0.05) is 28.4 Å². The molecule has 0 radical (unpaired) electrons. The number of aromatic nitrogens is 3. The summed E-state index contributed by atoms with van der Waals surface area (Å²) < 4.78 is 13.4. The van der Waals surface area contributed by atoms with Gasteiger partial charge in [0.05, 0.1) is 12.3 Å². The molecular formula is C34H35N5O5. The lowest BCUT2D eigenvalue weighted by atomic mass is 9.75. The van der Waals surface area contributed by atoms with Gasteiger partial charge in [0.15, 0.2) is 17.1 Å². The Kier molecular flexibility index (Phi) is 7.20. The molecule has 1 fully saturated rings. The minimum Gasteiger partial charge on any atom is -0.475 e. The molecule has 2 unspecified atom stereocenters. The van der Waals surface area contributed by atoms with E-state index in [9.17, 15) is 14.7 Å². The average molecular weight is 594 g/mol. The number of furan rings is 1. The van der Waals surface area contributed by atoms with E-state index in [2.05, 4.69) is 36.0 Å². The Morgan fingerprint density at radius 1 is 1.11 bits per heavy atom. The van der Waals surface area contributed by atoms with Crippen LogP contribution in [0.25, 0.3) is 32.8 Å². The van der Waals surface area contributed by atoms with Crippen LogP contribution in [0.2, 0.25) is 0 Å². The molecule has 3 aromatic heterocycles. The molecule has 1 aliphatic carbocycles. The summed E-state index contributed by atoms with van der Waals surface area (Å²) in [5, 5.41) is 17.0. The van der Waals surface area contributed by atoms with Gasteiger partial charge in [0.2, 0.25) is 11.4 Å². The maximum absolute atomic E-state index is 13.5. The molecule has 44 heavy (non-hydrogen) atoms. The summed E-state index contributed by atoms with van der Waals surface area (Å²) in [5.74, 6) is -0.154. The van der Waals surface area contributed by atoms with Gasteiger partial charge in [-0.05, 0) is 80.7 Å². The quantitative estimate of drug-likeness (QED) is 0.134. The predicted octanol–water partition coefficient (Wildman–Crippen LogP) is 8.22. The summed E-state index contributed by atoms with van der Waals surface area (Å²) in [7, 11) is 0. The molecule has 3 N–H and O–H groups in total. The number of carbonyl (C=O) groups excluding carboxylic acids is 1. The highest BCUT2D eigenvalue weighted by Gasteiger charge is 2.35. The average Bonchev–Trinajstić information content (AvgIpc) is 3.62. The zero-order valence-corrected chi connectivity index (χ0v) is 25.6. The van der Waals surface area contributed by atoms with Gasteiger partial charge in [-0.3, -0.25) is 9.61 Å². The Balaban J connectivity index is 1.35. The number of fused-ring (bicyclic) bond motifs is 2.